The first-order valence-electron chi connectivity index (χ1n) is 11.1. The first-order chi connectivity index (χ1) is 15.1. The molecule has 0 saturated carbocycles. The molecule has 8 heteroatoms. The zero-order valence-electron chi connectivity index (χ0n) is 18.5. The summed E-state index contributed by atoms with van der Waals surface area (Å²) in [6.45, 7) is 8.71. The van der Waals surface area contributed by atoms with E-state index in [2.05, 4.69) is 51.3 Å². The summed E-state index contributed by atoms with van der Waals surface area (Å²) in [7, 11) is 1.60. The van der Waals surface area contributed by atoms with E-state index >= 15 is 0 Å². The van der Waals surface area contributed by atoms with Gasteiger partial charge in [-0.2, -0.15) is 15.1 Å². The largest absolute Gasteiger partial charge is 0.467 e. The van der Waals surface area contributed by atoms with E-state index in [0.717, 1.165) is 48.7 Å². The van der Waals surface area contributed by atoms with E-state index in [9.17, 15) is 0 Å². The number of benzene rings is 1. The number of aryl methyl sites for hydroxylation is 1. The van der Waals surface area contributed by atoms with Gasteiger partial charge in [0.05, 0.1) is 31.5 Å². The van der Waals surface area contributed by atoms with Crippen molar-refractivity contribution in [1.29, 1.82) is 0 Å². The van der Waals surface area contributed by atoms with E-state index in [-0.39, 0.29) is 6.10 Å². The van der Waals surface area contributed by atoms with Crippen molar-refractivity contribution in [2.24, 2.45) is 0 Å². The van der Waals surface area contributed by atoms with Crippen molar-refractivity contribution in [3.05, 3.63) is 35.5 Å². The van der Waals surface area contributed by atoms with Crippen LogP contribution in [0.25, 0.3) is 16.7 Å². The van der Waals surface area contributed by atoms with Crippen molar-refractivity contribution >= 4 is 16.7 Å². The molecule has 4 heterocycles. The molecule has 0 spiro atoms. The molecule has 0 bridgehead atoms. The van der Waals surface area contributed by atoms with Gasteiger partial charge in [-0.15, -0.1) is 0 Å². The highest BCUT2D eigenvalue weighted by Gasteiger charge is 2.22. The van der Waals surface area contributed by atoms with Crippen molar-refractivity contribution in [2.45, 2.75) is 38.7 Å². The van der Waals surface area contributed by atoms with Crippen LogP contribution in [-0.2, 0) is 4.74 Å². The minimum absolute atomic E-state index is 0.166. The number of ether oxygens (including phenoxy) is 2. The van der Waals surface area contributed by atoms with Crippen LogP contribution in [-0.4, -0.2) is 65.7 Å². The highest BCUT2D eigenvalue weighted by molar-refractivity contribution is 5.82. The molecule has 5 rings (SSSR count). The number of anilines is 1. The Balaban J connectivity index is 1.57. The molecular weight excluding hydrogens is 392 g/mol. The van der Waals surface area contributed by atoms with Crippen LogP contribution >= 0.6 is 0 Å². The third-order valence-electron chi connectivity index (χ3n) is 6.38. The Morgan fingerprint density at radius 1 is 1.13 bits per heavy atom. The molecule has 2 aliphatic heterocycles. The second-order valence-corrected chi connectivity index (χ2v) is 8.55. The summed E-state index contributed by atoms with van der Waals surface area (Å²) in [6, 6.07) is 6.90. The summed E-state index contributed by atoms with van der Waals surface area (Å²) in [4.78, 5) is 11.4. The number of piperidine rings is 1. The molecular formula is C23H30N6O2. The van der Waals surface area contributed by atoms with Crippen LogP contribution in [0.5, 0.6) is 6.01 Å². The number of hydrogen-bond acceptors (Lipinski definition) is 7. The maximum absolute atomic E-state index is 5.69. The van der Waals surface area contributed by atoms with Gasteiger partial charge in [-0.25, -0.2) is 4.68 Å². The van der Waals surface area contributed by atoms with Crippen molar-refractivity contribution < 1.29 is 9.47 Å². The lowest BCUT2D eigenvalue weighted by atomic mass is 9.87. The first-order valence-corrected chi connectivity index (χ1v) is 11.1. The molecule has 0 amide bonds. The molecule has 31 heavy (non-hydrogen) atoms. The van der Waals surface area contributed by atoms with Gasteiger partial charge in [0.2, 0.25) is 0 Å². The molecule has 2 aromatic heterocycles. The quantitative estimate of drug-likeness (QED) is 0.693. The van der Waals surface area contributed by atoms with E-state index in [0.29, 0.717) is 18.5 Å². The van der Waals surface area contributed by atoms with Crippen molar-refractivity contribution in [2.75, 3.05) is 44.8 Å². The standard InChI is InChI=1S/C23H30N6O2/c1-15-10-18-13-25-29(20(18)11-19(15)17-4-6-24-7-5-17)22-12-21(26-23(27-22)30-3)28-8-9-31-16(2)14-28/h10-13,16-17,24H,4-9,14H2,1-3H3/t16-/m1/s1. The number of aromatic nitrogens is 4. The molecule has 0 radical (unpaired) electrons. The van der Waals surface area contributed by atoms with Gasteiger partial charge in [0, 0.05) is 24.5 Å². The lowest BCUT2D eigenvalue weighted by molar-refractivity contribution is 0.0529. The summed E-state index contributed by atoms with van der Waals surface area (Å²) in [5.74, 6) is 2.14. The fraction of sp³-hybridized carbons (Fsp3) is 0.522. The molecule has 1 aromatic carbocycles. The first kappa shape index (κ1) is 20.2. The molecule has 0 unspecified atom stereocenters. The third-order valence-corrected chi connectivity index (χ3v) is 6.38. The lowest BCUT2D eigenvalue weighted by Gasteiger charge is -2.32. The summed E-state index contributed by atoms with van der Waals surface area (Å²) in [6.07, 6.45) is 4.42. The van der Waals surface area contributed by atoms with Crippen LogP contribution in [0.15, 0.2) is 24.4 Å². The molecule has 164 valence electrons. The molecule has 1 N–H and O–H groups in total. The Morgan fingerprint density at radius 2 is 1.94 bits per heavy atom. The number of fused-ring (bicyclic) bond motifs is 1. The van der Waals surface area contributed by atoms with Gasteiger partial charge < -0.3 is 19.7 Å². The Labute approximate surface area is 182 Å². The zero-order chi connectivity index (χ0) is 21.4. The van der Waals surface area contributed by atoms with Crippen molar-refractivity contribution in [3.63, 3.8) is 0 Å². The van der Waals surface area contributed by atoms with Crippen LogP contribution in [0.1, 0.15) is 36.8 Å². The second-order valence-electron chi connectivity index (χ2n) is 8.55. The van der Waals surface area contributed by atoms with Crippen LogP contribution in [0.4, 0.5) is 5.82 Å². The number of nitrogens with zero attached hydrogens (tertiary/aromatic N) is 5. The average Bonchev–Trinajstić information content (AvgIpc) is 3.21. The normalized spacial score (nSPS) is 20.4. The lowest BCUT2D eigenvalue weighted by Crippen LogP contribution is -2.41. The smallest absolute Gasteiger partial charge is 0.320 e. The number of hydrogen-bond donors (Lipinski definition) is 1. The number of nitrogens with one attached hydrogen (secondary N) is 1. The third kappa shape index (κ3) is 3.97. The van der Waals surface area contributed by atoms with Crippen molar-refractivity contribution in [1.82, 2.24) is 25.1 Å². The highest BCUT2D eigenvalue weighted by atomic mass is 16.5. The van der Waals surface area contributed by atoms with E-state index in [1.54, 1.807) is 7.11 Å². The topological polar surface area (TPSA) is 77.3 Å². The van der Waals surface area contributed by atoms with Crippen LogP contribution in [0.2, 0.25) is 0 Å². The van der Waals surface area contributed by atoms with Gasteiger partial charge in [0.15, 0.2) is 5.82 Å². The van der Waals surface area contributed by atoms with E-state index in [1.165, 1.54) is 24.0 Å². The van der Waals surface area contributed by atoms with Crippen LogP contribution in [0.3, 0.4) is 0 Å². The maximum atomic E-state index is 5.69. The Bertz CT molecular complexity index is 1080. The number of methoxy groups -OCH3 is 1. The highest BCUT2D eigenvalue weighted by Crippen LogP contribution is 2.32. The van der Waals surface area contributed by atoms with Gasteiger partial charge >= 0.3 is 6.01 Å². The fourth-order valence-corrected chi connectivity index (χ4v) is 4.75. The van der Waals surface area contributed by atoms with Gasteiger partial charge in [-0.3, -0.25) is 0 Å². The summed E-state index contributed by atoms with van der Waals surface area (Å²) in [5, 5.41) is 9.27. The minimum Gasteiger partial charge on any atom is -0.467 e. The molecule has 2 aliphatic rings. The van der Waals surface area contributed by atoms with Crippen LogP contribution in [0, 0.1) is 6.92 Å². The average molecular weight is 423 g/mol. The predicted octanol–water partition coefficient (Wildman–Crippen LogP) is 2.82. The fourth-order valence-electron chi connectivity index (χ4n) is 4.75. The number of morpholine rings is 1. The zero-order valence-corrected chi connectivity index (χ0v) is 18.5. The van der Waals surface area contributed by atoms with Gasteiger partial charge in [-0.05, 0) is 69.0 Å². The molecule has 1 atom stereocenters. The molecule has 0 aliphatic carbocycles. The summed E-state index contributed by atoms with van der Waals surface area (Å²) in [5.41, 5.74) is 3.82. The Morgan fingerprint density at radius 3 is 2.71 bits per heavy atom. The van der Waals surface area contributed by atoms with Crippen molar-refractivity contribution in [3.8, 4) is 11.8 Å². The van der Waals surface area contributed by atoms with E-state index in [4.69, 9.17) is 9.47 Å². The second kappa shape index (κ2) is 8.43. The molecule has 3 aromatic rings. The molecule has 2 fully saturated rings. The maximum Gasteiger partial charge on any atom is 0.320 e. The Kier molecular flexibility index (Phi) is 5.50. The summed E-state index contributed by atoms with van der Waals surface area (Å²) < 4.78 is 13.0. The Hall–Kier alpha value is -2.71. The summed E-state index contributed by atoms with van der Waals surface area (Å²) >= 11 is 0. The van der Waals surface area contributed by atoms with E-state index < -0.39 is 0 Å². The minimum atomic E-state index is 0.166. The molecule has 2 saturated heterocycles. The predicted molar refractivity (Wildman–Crippen MR) is 120 cm³/mol. The molecule has 8 nitrogen and oxygen atoms in total. The monoisotopic (exact) mass is 422 g/mol. The van der Waals surface area contributed by atoms with Gasteiger partial charge in [0.1, 0.15) is 5.82 Å². The van der Waals surface area contributed by atoms with Gasteiger partial charge in [-0.1, -0.05) is 0 Å². The van der Waals surface area contributed by atoms with Crippen LogP contribution < -0.4 is 15.0 Å². The number of rotatable bonds is 4. The van der Waals surface area contributed by atoms with E-state index in [1.807, 2.05) is 16.9 Å². The SMILES string of the molecule is COc1nc(N2CCO[C@H](C)C2)cc(-n2ncc3cc(C)c(C4CCNCC4)cc32)n1. The van der Waals surface area contributed by atoms with Gasteiger partial charge in [0.25, 0.3) is 0 Å².